The van der Waals surface area contributed by atoms with Crippen LogP contribution in [0.1, 0.15) is 0 Å². The maximum absolute atomic E-state index is 6.00. The summed E-state index contributed by atoms with van der Waals surface area (Å²) in [5.41, 5.74) is 1.26. The predicted molar refractivity (Wildman–Crippen MR) is 104 cm³/mol. The van der Waals surface area contributed by atoms with Gasteiger partial charge in [0, 0.05) is 43.0 Å². The van der Waals surface area contributed by atoms with Gasteiger partial charge in [-0.05, 0) is 30.3 Å². The molecule has 26 heavy (non-hydrogen) atoms. The van der Waals surface area contributed by atoms with Gasteiger partial charge in [-0.1, -0.05) is 35.9 Å². The summed E-state index contributed by atoms with van der Waals surface area (Å²) in [6.45, 7) is 3.72. The van der Waals surface area contributed by atoms with Crippen molar-refractivity contribution >= 4 is 23.1 Å². The first-order chi connectivity index (χ1) is 12.8. The Kier molecular flexibility index (Phi) is 4.88. The van der Waals surface area contributed by atoms with E-state index in [2.05, 4.69) is 44.0 Å². The van der Waals surface area contributed by atoms with Gasteiger partial charge in [0.25, 0.3) is 0 Å². The molecule has 6 heteroatoms. The minimum absolute atomic E-state index is 0.516. The largest absolute Gasteiger partial charge is 0.439 e. The second-order valence-corrected chi connectivity index (χ2v) is 6.52. The Morgan fingerprint density at radius 3 is 2.35 bits per heavy atom. The van der Waals surface area contributed by atoms with Crippen LogP contribution in [0.3, 0.4) is 0 Å². The van der Waals surface area contributed by atoms with Crippen molar-refractivity contribution in [2.45, 2.75) is 0 Å². The van der Waals surface area contributed by atoms with Crippen molar-refractivity contribution in [3.05, 3.63) is 72.0 Å². The number of piperazine rings is 1. The van der Waals surface area contributed by atoms with Gasteiger partial charge >= 0.3 is 0 Å². The molecule has 1 fully saturated rings. The molecule has 0 N–H and O–H groups in total. The van der Waals surface area contributed by atoms with Crippen LogP contribution in [0, 0.1) is 0 Å². The molecule has 1 aliphatic rings. The number of rotatable bonds is 4. The molecular weight excluding hydrogens is 348 g/mol. The van der Waals surface area contributed by atoms with Crippen molar-refractivity contribution in [3.63, 3.8) is 0 Å². The Morgan fingerprint density at radius 2 is 1.58 bits per heavy atom. The van der Waals surface area contributed by atoms with E-state index >= 15 is 0 Å². The number of nitrogens with zero attached hydrogens (tertiary/aromatic N) is 4. The van der Waals surface area contributed by atoms with Crippen LogP contribution in [0.4, 0.5) is 11.5 Å². The second-order valence-electron chi connectivity index (χ2n) is 6.08. The summed E-state index contributed by atoms with van der Waals surface area (Å²) in [6, 6.07) is 19.6. The van der Waals surface area contributed by atoms with E-state index in [1.54, 1.807) is 12.4 Å². The standard InChI is InChI=1S/C20H19ClN4O/c21-16-5-4-8-18(13-16)26-20-14-19(22-15-23-20)25-11-9-24(10-12-25)17-6-2-1-3-7-17/h1-8,13-15H,9-12H2. The minimum atomic E-state index is 0.516. The molecule has 0 amide bonds. The smallest absolute Gasteiger partial charge is 0.224 e. The summed E-state index contributed by atoms with van der Waals surface area (Å²) in [5, 5.41) is 0.633. The molecule has 4 rings (SSSR count). The third-order valence-corrected chi connectivity index (χ3v) is 4.61. The van der Waals surface area contributed by atoms with Crippen LogP contribution >= 0.6 is 11.6 Å². The van der Waals surface area contributed by atoms with Crippen LogP contribution in [0.5, 0.6) is 11.6 Å². The van der Waals surface area contributed by atoms with Crippen molar-refractivity contribution < 1.29 is 4.74 Å². The van der Waals surface area contributed by atoms with Crippen molar-refractivity contribution in [3.8, 4) is 11.6 Å². The second kappa shape index (κ2) is 7.62. The number of ether oxygens (including phenoxy) is 1. The van der Waals surface area contributed by atoms with Crippen LogP contribution in [0.25, 0.3) is 0 Å². The zero-order valence-electron chi connectivity index (χ0n) is 14.3. The molecule has 0 bridgehead atoms. The lowest BCUT2D eigenvalue weighted by molar-refractivity contribution is 0.461. The monoisotopic (exact) mass is 366 g/mol. The number of anilines is 2. The number of hydrogen-bond donors (Lipinski definition) is 0. The van der Waals surface area contributed by atoms with Crippen LogP contribution in [0.2, 0.25) is 5.02 Å². The van der Waals surface area contributed by atoms with Gasteiger partial charge in [0.05, 0.1) is 0 Å². The average molecular weight is 367 g/mol. The van der Waals surface area contributed by atoms with Crippen LogP contribution in [-0.4, -0.2) is 36.1 Å². The van der Waals surface area contributed by atoms with Gasteiger partial charge in [0.1, 0.15) is 17.9 Å². The Labute approximate surface area is 157 Å². The average Bonchev–Trinajstić information content (AvgIpc) is 2.69. The Bertz CT molecular complexity index is 866. The molecule has 5 nitrogen and oxygen atoms in total. The highest BCUT2D eigenvalue weighted by Crippen LogP contribution is 2.25. The van der Waals surface area contributed by atoms with Gasteiger partial charge in [-0.3, -0.25) is 0 Å². The molecule has 0 unspecified atom stereocenters. The molecule has 1 aliphatic heterocycles. The van der Waals surface area contributed by atoms with Crippen LogP contribution < -0.4 is 14.5 Å². The van der Waals surface area contributed by atoms with Crippen molar-refractivity contribution in [1.29, 1.82) is 0 Å². The van der Waals surface area contributed by atoms with E-state index in [1.807, 2.05) is 30.3 Å². The van der Waals surface area contributed by atoms with Crippen LogP contribution in [-0.2, 0) is 0 Å². The summed E-state index contributed by atoms with van der Waals surface area (Å²) in [6.07, 6.45) is 1.54. The number of para-hydroxylation sites is 1. The van der Waals surface area contributed by atoms with E-state index in [-0.39, 0.29) is 0 Å². The van der Waals surface area contributed by atoms with E-state index in [4.69, 9.17) is 16.3 Å². The zero-order valence-corrected chi connectivity index (χ0v) is 15.0. The first kappa shape index (κ1) is 16.7. The maximum Gasteiger partial charge on any atom is 0.224 e. The van der Waals surface area contributed by atoms with Gasteiger partial charge in [-0.15, -0.1) is 0 Å². The van der Waals surface area contributed by atoms with Crippen molar-refractivity contribution in [2.75, 3.05) is 36.0 Å². The topological polar surface area (TPSA) is 41.5 Å². The Morgan fingerprint density at radius 1 is 0.808 bits per heavy atom. The first-order valence-corrected chi connectivity index (χ1v) is 8.96. The minimum Gasteiger partial charge on any atom is -0.439 e. The SMILES string of the molecule is Clc1cccc(Oc2cc(N3CCN(c4ccccc4)CC3)ncn2)c1. The van der Waals surface area contributed by atoms with Gasteiger partial charge in [0.15, 0.2) is 0 Å². The molecule has 0 radical (unpaired) electrons. The van der Waals surface area contributed by atoms with Crippen molar-refractivity contribution in [2.24, 2.45) is 0 Å². The molecule has 0 atom stereocenters. The number of halogens is 1. The summed E-state index contributed by atoms with van der Waals surface area (Å²) in [4.78, 5) is 13.3. The third kappa shape index (κ3) is 3.89. The van der Waals surface area contributed by atoms with E-state index in [9.17, 15) is 0 Å². The summed E-state index contributed by atoms with van der Waals surface area (Å²) < 4.78 is 5.81. The first-order valence-electron chi connectivity index (χ1n) is 8.58. The zero-order chi connectivity index (χ0) is 17.8. The van der Waals surface area contributed by atoms with Crippen molar-refractivity contribution in [1.82, 2.24) is 9.97 Å². The number of benzene rings is 2. The Balaban J connectivity index is 1.43. The fourth-order valence-corrected chi connectivity index (χ4v) is 3.22. The van der Waals surface area contributed by atoms with E-state index in [0.29, 0.717) is 16.7 Å². The van der Waals surface area contributed by atoms with E-state index in [1.165, 1.54) is 5.69 Å². The predicted octanol–water partition coefficient (Wildman–Crippen LogP) is 4.25. The quantitative estimate of drug-likeness (QED) is 0.690. The molecule has 3 aromatic rings. The van der Waals surface area contributed by atoms with Gasteiger partial charge in [-0.25, -0.2) is 9.97 Å². The highest BCUT2D eigenvalue weighted by atomic mass is 35.5. The maximum atomic E-state index is 6.00. The van der Waals surface area contributed by atoms with Gasteiger partial charge < -0.3 is 14.5 Å². The van der Waals surface area contributed by atoms with Crippen LogP contribution in [0.15, 0.2) is 67.0 Å². The summed E-state index contributed by atoms with van der Waals surface area (Å²) in [5.74, 6) is 2.06. The molecule has 0 saturated carbocycles. The lowest BCUT2D eigenvalue weighted by atomic mass is 10.2. The highest BCUT2D eigenvalue weighted by Gasteiger charge is 2.19. The van der Waals surface area contributed by atoms with E-state index in [0.717, 1.165) is 32.0 Å². The molecule has 0 spiro atoms. The molecule has 2 heterocycles. The third-order valence-electron chi connectivity index (χ3n) is 4.37. The molecule has 1 aromatic heterocycles. The lowest BCUT2D eigenvalue weighted by Gasteiger charge is -2.36. The van der Waals surface area contributed by atoms with Gasteiger partial charge in [0.2, 0.25) is 5.88 Å². The highest BCUT2D eigenvalue weighted by molar-refractivity contribution is 6.30. The molecule has 2 aromatic carbocycles. The molecule has 132 valence electrons. The molecular formula is C20H19ClN4O. The lowest BCUT2D eigenvalue weighted by Crippen LogP contribution is -2.46. The Hall–Kier alpha value is -2.79. The number of aromatic nitrogens is 2. The van der Waals surface area contributed by atoms with Gasteiger partial charge in [-0.2, -0.15) is 0 Å². The summed E-state index contributed by atoms with van der Waals surface area (Å²) in [7, 11) is 0. The fourth-order valence-electron chi connectivity index (χ4n) is 3.04. The number of hydrogen-bond acceptors (Lipinski definition) is 5. The fraction of sp³-hybridized carbons (Fsp3) is 0.200. The summed E-state index contributed by atoms with van der Waals surface area (Å²) >= 11 is 6.00. The normalized spacial score (nSPS) is 14.3. The van der Waals surface area contributed by atoms with E-state index < -0.39 is 0 Å². The molecule has 1 saturated heterocycles. The molecule has 0 aliphatic carbocycles.